The zero-order valence-corrected chi connectivity index (χ0v) is 11.4. The van der Waals surface area contributed by atoms with E-state index in [1.165, 1.54) is 4.90 Å². The molecule has 0 spiro atoms. The summed E-state index contributed by atoms with van der Waals surface area (Å²) in [5, 5.41) is 0. The van der Waals surface area contributed by atoms with E-state index < -0.39 is 11.7 Å². The predicted molar refractivity (Wildman–Crippen MR) is 70.8 cm³/mol. The average Bonchev–Trinajstić information content (AvgIpc) is 3.04. The number of imide groups is 1. The number of amides is 2. The van der Waals surface area contributed by atoms with Crippen molar-refractivity contribution in [3.63, 3.8) is 0 Å². The molecule has 20 heavy (non-hydrogen) atoms. The first-order chi connectivity index (χ1) is 9.61. The topological polar surface area (TPSA) is 55.8 Å². The molecule has 3 rings (SSSR count). The molecule has 1 aromatic carbocycles. The Balaban J connectivity index is 1.82. The summed E-state index contributed by atoms with van der Waals surface area (Å²) in [6.45, 7) is 3.02. The molecule has 106 valence electrons. The van der Waals surface area contributed by atoms with Gasteiger partial charge in [-0.1, -0.05) is 30.3 Å². The van der Waals surface area contributed by atoms with Gasteiger partial charge in [-0.05, 0) is 12.5 Å². The summed E-state index contributed by atoms with van der Waals surface area (Å²) >= 11 is 0. The highest BCUT2D eigenvalue weighted by Crippen LogP contribution is 2.36. The van der Waals surface area contributed by atoms with Crippen LogP contribution in [0.4, 0.5) is 0 Å². The van der Waals surface area contributed by atoms with Crippen molar-refractivity contribution < 1.29 is 19.1 Å². The van der Waals surface area contributed by atoms with Gasteiger partial charge >= 0.3 is 0 Å². The summed E-state index contributed by atoms with van der Waals surface area (Å²) in [7, 11) is 0. The molecule has 0 bridgehead atoms. The van der Waals surface area contributed by atoms with Crippen LogP contribution < -0.4 is 0 Å². The maximum Gasteiger partial charge on any atom is 0.240 e. The highest BCUT2D eigenvalue weighted by molar-refractivity contribution is 6.08. The fraction of sp³-hybridized carbons (Fsp3) is 0.467. The minimum Gasteiger partial charge on any atom is -0.348 e. The number of carbonyl (C=O) groups excluding carboxylic acids is 2. The molecule has 2 heterocycles. The van der Waals surface area contributed by atoms with Gasteiger partial charge in [0.05, 0.1) is 25.2 Å². The average molecular weight is 275 g/mol. The van der Waals surface area contributed by atoms with Crippen LogP contribution in [0, 0.1) is 0 Å². The molecule has 1 aromatic rings. The van der Waals surface area contributed by atoms with E-state index in [-0.39, 0.29) is 24.8 Å². The molecule has 1 atom stereocenters. The van der Waals surface area contributed by atoms with Crippen molar-refractivity contribution in [2.24, 2.45) is 0 Å². The Morgan fingerprint density at radius 2 is 1.85 bits per heavy atom. The first-order valence-corrected chi connectivity index (χ1v) is 6.75. The van der Waals surface area contributed by atoms with Crippen LogP contribution in [-0.4, -0.2) is 42.8 Å². The van der Waals surface area contributed by atoms with Crippen molar-refractivity contribution in [2.75, 3.05) is 19.8 Å². The van der Waals surface area contributed by atoms with Crippen LogP contribution >= 0.6 is 0 Å². The lowest BCUT2D eigenvalue weighted by molar-refractivity contribution is -0.146. The van der Waals surface area contributed by atoms with Crippen LogP contribution in [0.1, 0.15) is 18.9 Å². The van der Waals surface area contributed by atoms with E-state index in [2.05, 4.69) is 0 Å². The monoisotopic (exact) mass is 275 g/mol. The van der Waals surface area contributed by atoms with Gasteiger partial charge in [-0.3, -0.25) is 14.5 Å². The lowest BCUT2D eigenvalue weighted by Gasteiger charge is -2.23. The molecule has 0 aromatic heterocycles. The Bertz CT molecular complexity index is 524. The molecule has 2 aliphatic heterocycles. The van der Waals surface area contributed by atoms with Gasteiger partial charge in [-0.2, -0.15) is 0 Å². The largest absolute Gasteiger partial charge is 0.348 e. The van der Waals surface area contributed by atoms with E-state index in [0.717, 1.165) is 5.56 Å². The number of nitrogens with zero attached hydrogens (tertiary/aromatic N) is 1. The summed E-state index contributed by atoms with van der Waals surface area (Å²) in [6.07, 6.45) is -0.288. The van der Waals surface area contributed by atoms with Crippen LogP contribution in [-0.2, 0) is 24.5 Å². The van der Waals surface area contributed by atoms with Gasteiger partial charge in [-0.25, -0.2) is 0 Å². The third-order valence-electron chi connectivity index (χ3n) is 3.96. The van der Waals surface area contributed by atoms with Gasteiger partial charge in [0.25, 0.3) is 0 Å². The summed E-state index contributed by atoms with van der Waals surface area (Å²) in [6, 6.07) is 9.43. The molecule has 0 N–H and O–H groups in total. The Labute approximate surface area is 117 Å². The predicted octanol–water partition coefficient (Wildman–Crippen LogP) is 1.08. The maximum atomic E-state index is 12.6. The Morgan fingerprint density at radius 1 is 1.20 bits per heavy atom. The fourth-order valence-corrected chi connectivity index (χ4v) is 2.76. The summed E-state index contributed by atoms with van der Waals surface area (Å²) in [5.41, 5.74) is 0.0887. The van der Waals surface area contributed by atoms with Crippen LogP contribution in [0.3, 0.4) is 0 Å². The number of hydrogen-bond donors (Lipinski definition) is 0. The molecule has 0 aliphatic carbocycles. The van der Waals surface area contributed by atoms with Crippen molar-refractivity contribution in [1.82, 2.24) is 4.90 Å². The van der Waals surface area contributed by atoms with Crippen LogP contribution in [0.15, 0.2) is 30.3 Å². The van der Waals surface area contributed by atoms with Gasteiger partial charge in [0, 0.05) is 6.42 Å². The lowest BCUT2D eigenvalue weighted by atomic mass is 9.81. The molecule has 2 amide bonds. The molecule has 0 radical (unpaired) electrons. The van der Waals surface area contributed by atoms with E-state index in [0.29, 0.717) is 13.2 Å². The van der Waals surface area contributed by atoms with Crippen LogP contribution in [0.2, 0.25) is 0 Å². The smallest absolute Gasteiger partial charge is 0.240 e. The Hall–Kier alpha value is -1.72. The van der Waals surface area contributed by atoms with Crippen molar-refractivity contribution in [2.45, 2.75) is 25.0 Å². The molecule has 2 fully saturated rings. The van der Waals surface area contributed by atoms with Gasteiger partial charge in [-0.15, -0.1) is 0 Å². The number of likely N-dealkylation sites (tertiary alicyclic amines) is 1. The molecule has 0 saturated carbocycles. The second kappa shape index (κ2) is 5.00. The van der Waals surface area contributed by atoms with E-state index in [1.807, 2.05) is 37.3 Å². The quantitative estimate of drug-likeness (QED) is 0.774. The molecule has 2 aliphatic rings. The minimum atomic E-state index is -0.781. The number of ether oxygens (including phenoxy) is 2. The molecule has 5 nitrogen and oxygen atoms in total. The second-order valence-corrected chi connectivity index (χ2v) is 5.36. The Morgan fingerprint density at radius 3 is 2.50 bits per heavy atom. The lowest BCUT2D eigenvalue weighted by Crippen LogP contribution is -2.41. The summed E-state index contributed by atoms with van der Waals surface area (Å²) < 4.78 is 10.6. The molecule has 0 unspecified atom stereocenters. The Kier molecular flexibility index (Phi) is 3.31. The molecule has 5 heteroatoms. The second-order valence-electron chi connectivity index (χ2n) is 5.36. The van der Waals surface area contributed by atoms with E-state index in [9.17, 15) is 9.59 Å². The third-order valence-corrected chi connectivity index (χ3v) is 3.96. The molecule has 2 saturated heterocycles. The van der Waals surface area contributed by atoms with Crippen molar-refractivity contribution in [3.05, 3.63) is 35.9 Å². The van der Waals surface area contributed by atoms with Crippen molar-refractivity contribution in [1.29, 1.82) is 0 Å². The summed E-state index contributed by atoms with van der Waals surface area (Å²) in [5.74, 6) is -0.340. The first kappa shape index (κ1) is 13.3. The van der Waals surface area contributed by atoms with Crippen molar-refractivity contribution >= 4 is 11.8 Å². The van der Waals surface area contributed by atoms with Gasteiger partial charge < -0.3 is 9.47 Å². The maximum absolute atomic E-state index is 12.6. The van der Waals surface area contributed by atoms with Gasteiger partial charge in [0.15, 0.2) is 6.29 Å². The standard InChI is InChI=1S/C15H17NO4/c1-15(11-5-3-2-4-6-11)9-12(17)16(14(15)18)10-13-19-7-8-20-13/h2-6,13H,7-10H2,1H3/t15-/m0/s1. The minimum absolute atomic E-state index is 0.166. The zero-order valence-electron chi connectivity index (χ0n) is 11.4. The number of hydrogen-bond acceptors (Lipinski definition) is 4. The summed E-state index contributed by atoms with van der Waals surface area (Å²) in [4.78, 5) is 26.0. The van der Waals surface area contributed by atoms with Crippen molar-refractivity contribution in [3.8, 4) is 0 Å². The third kappa shape index (κ3) is 2.13. The number of carbonyl (C=O) groups is 2. The normalized spacial score (nSPS) is 27.6. The SMILES string of the molecule is C[C@@]1(c2ccccc2)CC(=O)N(CC2OCCO2)C1=O. The fourth-order valence-electron chi connectivity index (χ4n) is 2.76. The van der Waals surface area contributed by atoms with Gasteiger partial charge in [0.2, 0.25) is 11.8 Å². The highest BCUT2D eigenvalue weighted by Gasteiger charge is 2.49. The van der Waals surface area contributed by atoms with Crippen LogP contribution in [0.5, 0.6) is 0 Å². The highest BCUT2D eigenvalue weighted by atomic mass is 16.7. The number of rotatable bonds is 3. The van der Waals surface area contributed by atoms with Gasteiger partial charge in [0.1, 0.15) is 0 Å². The molecular weight excluding hydrogens is 258 g/mol. The van der Waals surface area contributed by atoms with Crippen LogP contribution in [0.25, 0.3) is 0 Å². The van der Waals surface area contributed by atoms with E-state index >= 15 is 0 Å². The first-order valence-electron chi connectivity index (χ1n) is 6.75. The molecular formula is C15H17NO4. The number of benzene rings is 1. The van der Waals surface area contributed by atoms with E-state index in [1.54, 1.807) is 0 Å². The zero-order chi connectivity index (χ0) is 14.2. The van der Waals surface area contributed by atoms with E-state index in [4.69, 9.17) is 9.47 Å².